The van der Waals surface area contributed by atoms with Gasteiger partial charge in [-0.25, -0.2) is 9.37 Å². The molecular weight excluding hydrogens is 477 g/mol. The van der Waals surface area contributed by atoms with E-state index >= 15 is 0 Å². The van der Waals surface area contributed by atoms with Crippen LogP contribution in [-0.2, 0) is 0 Å². The Hall–Kier alpha value is -4.85. The molecule has 0 saturated heterocycles. The molecule has 3 N–H and O–H groups in total. The number of fused-ring (bicyclic) bond motifs is 2. The monoisotopic (exact) mass is 503 g/mol. The van der Waals surface area contributed by atoms with Crippen molar-refractivity contribution in [3.8, 4) is 33.8 Å². The zero-order valence-corrected chi connectivity index (χ0v) is 21.3. The number of aromatic nitrogens is 6. The van der Waals surface area contributed by atoms with E-state index in [1.54, 1.807) is 30.9 Å². The van der Waals surface area contributed by atoms with Crippen LogP contribution in [0.1, 0.15) is 20.8 Å². The fourth-order valence-corrected chi connectivity index (χ4v) is 4.35. The number of nitrogens with one attached hydrogen (secondary N) is 3. The molecule has 1 aromatic carbocycles. The van der Waals surface area contributed by atoms with E-state index in [2.05, 4.69) is 62.8 Å². The molecule has 0 bridgehead atoms. The number of allylic oxidation sites excluding steroid dienone is 1. The highest BCUT2D eigenvalue weighted by atomic mass is 19.1. The lowest BCUT2D eigenvalue weighted by molar-refractivity contribution is 0.509. The molecule has 38 heavy (non-hydrogen) atoms. The minimum atomic E-state index is -0.280. The number of nitrogens with zero attached hydrogens (tertiary/aromatic N) is 4. The molecule has 0 aliphatic carbocycles. The fraction of sp³-hybridized carbons (Fsp3) is 0.133. The van der Waals surface area contributed by atoms with Gasteiger partial charge >= 0.3 is 0 Å². The number of hydrogen-bond acceptors (Lipinski definition) is 5. The normalized spacial score (nSPS) is 11.8. The largest absolute Gasteiger partial charge is 0.358 e. The predicted molar refractivity (Wildman–Crippen MR) is 150 cm³/mol. The van der Waals surface area contributed by atoms with Crippen LogP contribution < -0.4 is 5.32 Å². The van der Waals surface area contributed by atoms with Gasteiger partial charge in [0.15, 0.2) is 0 Å². The molecule has 0 amide bonds. The van der Waals surface area contributed by atoms with Crippen LogP contribution in [-0.4, -0.2) is 30.1 Å². The summed E-state index contributed by atoms with van der Waals surface area (Å²) in [5, 5.41) is 12.8. The number of benzene rings is 1. The number of hydrogen-bond donors (Lipinski definition) is 3. The Morgan fingerprint density at radius 3 is 2.63 bits per heavy atom. The molecule has 0 spiro atoms. The zero-order valence-electron chi connectivity index (χ0n) is 21.3. The highest BCUT2D eigenvalue weighted by molar-refractivity contribution is 6.00. The Balaban J connectivity index is 1.40. The predicted octanol–water partition coefficient (Wildman–Crippen LogP) is 7.34. The average molecular weight is 504 g/mol. The van der Waals surface area contributed by atoms with Crippen molar-refractivity contribution in [2.45, 2.75) is 20.8 Å². The van der Waals surface area contributed by atoms with Gasteiger partial charge in [-0.05, 0) is 47.5 Å². The number of H-pyrrole nitrogens is 2. The standard InChI is InChI=1S/C30H26FN7/c1-17(30(2,3)4)35-21-11-19(14-32-15-21)25-13-24-27(16-34-25)37-38-28(24)26-12-23-22(8-9-33-29(23)36-26)18-6-5-7-20(31)10-18/h5-16,35H,1H2,2-4H3,(H,33,36)(H,37,38). The summed E-state index contributed by atoms with van der Waals surface area (Å²) in [6, 6.07) is 14.5. The number of halogens is 1. The van der Waals surface area contributed by atoms with E-state index in [0.29, 0.717) is 5.65 Å². The first-order valence-corrected chi connectivity index (χ1v) is 12.3. The highest BCUT2D eigenvalue weighted by Crippen LogP contribution is 2.34. The Morgan fingerprint density at radius 1 is 0.947 bits per heavy atom. The fourth-order valence-electron chi connectivity index (χ4n) is 4.35. The third-order valence-electron chi connectivity index (χ3n) is 6.60. The smallest absolute Gasteiger partial charge is 0.138 e. The minimum absolute atomic E-state index is 0.0815. The molecule has 0 aliphatic rings. The van der Waals surface area contributed by atoms with Crippen LogP contribution in [0.2, 0.25) is 0 Å². The first-order valence-electron chi connectivity index (χ1n) is 12.3. The van der Waals surface area contributed by atoms with Crippen LogP contribution in [0.3, 0.4) is 0 Å². The van der Waals surface area contributed by atoms with Gasteiger partial charge in [0.1, 0.15) is 17.2 Å². The van der Waals surface area contributed by atoms with Crippen LogP contribution in [0.15, 0.2) is 85.6 Å². The van der Waals surface area contributed by atoms with E-state index in [-0.39, 0.29) is 11.2 Å². The molecule has 5 aromatic heterocycles. The van der Waals surface area contributed by atoms with Gasteiger partial charge in [0, 0.05) is 39.8 Å². The lowest BCUT2D eigenvalue weighted by atomic mass is 9.93. The van der Waals surface area contributed by atoms with Crippen LogP contribution in [0.25, 0.3) is 55.7 Å². The van der Waals surface area contributed by atoms with Crippen molar-refractivity contribution in [1.29, 1.82) is 0 Å². The highest BCUT2D eigenvalue weighted by Gasteiger charge is 2.17. The van der Waals surface area contributed by atoms with Gasteiger partial charge in [-0.2, -0.15) is 5.10 Å². The van der Waals surface area contributed by atoms with E-state index in [9.17, 15) is 4.39 Å². The second kappa shape index (κ2) is 8.92. The second-order valence-corrected chi connectivity index (χ2v) is 10.3. The van der Waals surface area contributed by atoms with Crippen LogP contribution >= 0.6 is 0 Å². The maximum atomic E-state index is 13.9. The maximum absolute atomic E-state index is 13.9. The molecule has 7 nitrogen and oxygen atoms in total. The van der Waals surface area contributed by atoms with E-state index in [1.165, 1.54) is 12.1 Å². The van der Waals surface area contributed by atoms with Crippen molar-refractivity contribution >= 4 is 27.6 Å². The van der Waals surface area contributed by atoms with Crippen molar-refractivity contribution < 1.29 is 4.39 Å². The average Bonchev–Trinajstić information content (AvgIpc) is 3.52. The third kappa shape index (κ3) is 4.30. The maximum Gasteiger partial charge on any atom is 0.138 e. The van der Waals surface area contributed by atoms with Crippen molar-refractivity contribution in [3.05, 3.63) is 91.4 Å². The van der Waals surface area contributed by atoms with Crippen molar-refractivity contribution in [1.82, 2.24) is 30.1 Å². The Bertz CT molecular complexity index is 1820. The molecule has 188 valence electrons. The SMILES string of the molecule is C=C(Nc1cncc(-c2cc3c(-c4cc5c(-c6cccc(F)c6)ccnc5[nH]4)n[nH]c3cn2)c1)C(C)(C)C. The third-order valence-corrected chi connectivity index (χ3v) is 6.60. The Kier molecular flexibility index (Phi) is 5.52. The van der Waals surface area contributed by atoms with Gasteiger partial charge in [-0.15, -0.1) is 0 Å². The topological polar surface area (TPSA) is 95.2 Å². The molecule has 0 fully saturated rings. The van der Waals surface area contributed by atoms with E-state index < -0.39 is 0 Å². The van der Waals surface area contributed by atoms with Gasteiger partial charge < -0.3 is 10.3 Å². The number of rotatable bonds is 5. The van der Waals surface area contributed by atoms with Gasteiger partial charge in [0.05, 0.1) is 35.0 Å². The molecule has 0 saturated carbocycles. The Morgan fingerprint density at radius 2 is 1.82 bits per heavy atom. The summed E-state index contributed by atoms with van der Waals surface area (Å²) in [5.74, 6) is -0.280. The summed E-state index contributed by atoms with van der Waals surface area (Å²) in [6.45, 7) is 10.5. The quantitative estimate of drug-likeness (QED) is 0.229. The summed E-state index contributed by atoms with van der Waals surface area (Å²) in [6.07, 6.45) is 7.05. The summed E-state index contributed by atoms with van der Waals surface area (Å²) in [4.78, 5) is 16.9. The first kappa shape index (κ1) is 23.5. The lowest BCUT2D eigenvalue weighted by Gasteiger charge is -2.23. The summed E-state index contributed by atoms with van der Waals surface area (Å²) in [7, 11) is 0. The summed E-state index contributed by atoms with van der Waals surface area (Å²) >= 11 is 0. The van der Waals surface area contributed by atoms with Crippen LogP contribution in [0.5, 0.6) is 0 Å². The molecule has 0 radical (unpaired) electrons. The van der Waals surface area contributed by atoms with Gasteiger partial charge in [0.25, 0.3) is 0 Å². The van der Waals surface area contributed by atoms with Crippen molar-refractivity contribution in [3.63, 3.8) is 0 Å². The second-order valence-electron chi connectivity index (χ2n) is 10.3. The van der Waals surface area contributed by atoms with E-state index in [0.717, 1.165) is 61.4 Å². The number of pyridine rings is 3. The summed E-state index contributed by atoms with van der Waals surface area (Å²) < 4.78 is 13.9. The van der Waals surface area contributed by atoms with Crippen molar-refractivity contribution in [2.24, 2.45) is 5.41 Å². The van der Waals surface area contributed by atoms with E-state index in [4.69, 9.17) is 0 Å². The number of anilines is 1. The van der Waals surface area contributed by atoms with Crippen LogP contribution in [0, 0.1) is 11.2 Å². The minimum Gasteiger partial charge on any atom is -0.358 e. The van der Waals surface area contributed by atoms with Gasteiger partial charge in [-0.1, -0.05) is 39.5 Å². The molecule has 0 atom stereocenters. The van der Waals surface area contributed by atoms with Gasteiger partial charge in [-0.3, -0.25) is 15.1 Å². The lowest BCUT2D eigenvalue weighted by Crippen LogP contribution is -2.15. The zero-order chi connectivity index (χ0) is 26.4. The molecule has 0 unspecified atom stereocenters. The molecule has 5 heterocycles. The number of aromatic amines is 2. The summed E-state index contributed by atoms with van der Waals surface area (Å²) in [5.41, 5.74) is 8.06. The molecule has 6 rings (SSSR count). The molecule has 6 aromatic rings. The van der Waals surface area contributed by atoms with Crippen molar-refractivity contribution in [2.75, 3.05) is 5.32 Å². The van der Waals surface area contributed by atoms with Gasteiger partial charge in [0.2, 0.25) is 0 Å². The van der Waals surface area contributed by atoms with Crippen LogP contribution in [0.4, 0.5) is 10.1 Å². The van der Waals surface area contributed by atoms with E-state index in [1.807, 2.05) is 30.3 Å². The molecule has 0 aliphatic heterocycles. The Labute approximate surface area is 218 Å². The molecular formula is C30H26FN7. The first-order chi connectivity index (χ1) is 18.3. The molecule has 8 heteroatoms.